The van der Waals surface area contributed by atoms with Crippen molar-refractivity contribution in [2.75, 3.05) is 7.05 Å². The quantitative estimate of drug-likeness (QED) is 0.545. The maximum absolute atomic E-state index is 4.57. The highest BCUT2D eigenvalue weighted by atomic mass is 15.3. The topological polar surface area (TPSA) is 41.9 Å². The minimum Gasteiger partial charge on any atom is -0.366 e. The SMILES string of the molecule is C=C(/C=C(/NCc1ccc(CNC)cc1)n1ncc(C)c1C)c1ccccc1C. The van der Waals surface area contributed by atoms with Crippen LogP contribution in [0.3, 0.4) is 0 Å². The molecule has 29 heavy (non-hydrogen) atoms. The lowest BCUT2D eigenvalue weighted by molar-refractivity contribution is 0.755. The van der Waals surface area contributed by atoms with E-state index in [2.05, 4.69) is 85.6 Å². The van der Waals surface area contributed by atoms with Gasteiger partial charge in [0.25, 0.3) is 0 Å². The van der Waals surface area contributed by atoms with Crippen LogP contribution in [0.15, 0.2) is 67.4 Å². The lowest BCUT2D eigenvalue weighted by atomic mass is 10.0. The maximum Gasteiger partial charge on any atom is 0.128 e. The van der Waals surface area contributed by atoms with Gasteiger partial charge in [-0.3, -0.25) is 0 Å². The smallest absolute Gasteiger partial charge is 0.128 e. The second kappa shape index (κ2) is 9.39. The highest BCUT2D eigenvalue weighted by molar-refractivity contribution is 5.79. The molecular weight excluding hydrogens is 356 g/mol. The summed E-state index contributed by atoms with van der Waals surface area (Å²) in [5.74, 6) is 0.920. The van der Waals surface area contributed by atoms with E-state index in [4.69, 9.17) is 0 Å². The molecule has 3 rings (SSSR count). The van der Waals surface area contributed by atoms with Crippen molar-refractivity contribution in [1.82, 2.24) is 20.4 Å². The Labute approximate surface area is 174 Å². The van der Waals surface area contributed by atoms with Gasteiger partial charge < -0.3 is 10.6 Å². The van der Waals surface area contributed by atoms with Gasteiger partial charge >= 0.3 is 0 Å². The van der Waals surface area contributed by atoms with Gasteiger partial charge in [0.15, 0.2) is 0 Å². The lowest BCUT2D eigenvalue weighted by Crippen LogP contribution is -2.19. The summed E-state index contributed by atoms with van der Waals surface area (Å²) < 4.78 is 1.95. The number of rotatable bonds is 8. The minimum absolute atomic E-state index is 0.713. The normalized spacial score (nSPS) is 11.5. The number of allylic oxidation sites excluding steroid dienone is 2. The average Bonchev–Trinajstić information content (AvgIpc) is 3.05. The summed E-state index contributed by atoms with van der Waals surface area (Å²) in [6.45, 7) is 12.2. The summed E-state index contributed by atoms with van der Waals surface area (Å²) in [6.07, 6.45) is 3.98. The van der Waals surface area contributed by atoms with Crippen LogP contribution in [-0.4, -0.2) is 16.8 Å². The predicted octanol–water partition coefficient (Wildman–Crippen LogP) is 4.83. The second-order valence-electron chi connectivity index (χ2n) is 7.39. The van der Waals surface area contributed by atoms with Crippen LogP contribution < -0.4 is 10.6 Å². The number of aromatic nitrogens is 2. The molecule has 150 valence electrons. The molecule has 1 heterocycles. The molecule has 3 aromatic rings. The van der Waals surface area contributed by atoms with Gasteiger partial charge in [0.2, 0.25) is 0 Å². The van der Waals surface area contributed by atoms with Crippen LogP contribution in [0.2, 0.25) is 0 Å². The molecule has 0 atom stereocenters. The molecule has 1 aromatic heterocycles. The first-order valence-electron chi connectivity index (χ1n) is 9.94. The van der Waals surface area contributed by atoms with E-state index in [-0.39, 0.29) is 0 Å². The highest BCUT2D eigenvalue weighted by Crippen LogP contribution is 2.21. The maximum atomic E-state index is 4.57. The molecule has 4 nitrogen and oxygen atoms in total. The number of hydrogen-bond acceptors (Lipinski definition) is 3. The minimum atomic E-state index is 0.713. The molecule has 0 aliphatic carbocycles. The number of aryl methyl sites for hydroxylation is 2. The highest BCUT2D eigenvalue weighted by Gasteiger charge is 2.10. The van der Waals surface area contributed by atoms with E-state index in [1.807, 2.05) is 30.1 Å². The van der Waals surface area contributed by atoms with E-state index in [1.54, 1.807) is 0 Å². The fraction of sp³-hybridized carbons (Fsp3) is 0.240. The Hall–Kier alpha value is -3.11. The number of nitrogens with one attached hydrogen (secondary N) is 2. The molecular formula is C25H30N4. The lowest BCUT2D eigenvalue weighted by Gasteiger charge is -2.15. The summed E-state index contributed by atoms with van der Waals surface area (Å²) >= 11 is 0. The summed E-state index contributed by atoms with van der Waals surface area (Å²) in [5, 5.41) is 11.3. The molecule has 0 unspecified atom stereocenters. The van der Waals surface area contributed by atoms with Crippen molar-refractivity contribution in [3.8, 4) is 0 Å². The third-order valence-electron chi connectivity index (χ3n) is 5.16. The van der Waals surface area contributed by atoms with Crippen LogP contribution in [0.5, 0.6) is 0 Å². The van der Waals surface area contributed by atoms with Crippen LogP contribution in [0.1, 0.15) is 33.5 Å². The number of hydrogen-bond donors (Lipinski definition) is 2. The van der Waals surface area contributed by atoms with E-state index >= 15 is 0 Å². The molecule has 0 fully saturated rings. The van der Waals surface area contributed by atoms with Crippen molar-refractivity contribution in [1.29, 1.82) is 0 Å². The molecule has 2 N–H and O–H groups in total. The average molecular weight is 387 g/mol. The third-order valence-corrected chi connectivity index (χ3v) is 5.16. The summed E-state index contributed by atoms with van der Waals surface area (Å²) in [7, 11) is 1.96. The standard InChI is InChI=1S/C25H30N4/c1-18-8-6-7-9-24(18)19(2)14-25(29-21(4)20(3)15-28-29)27-17-23-12-10-22(11-13-23)16-26-5/h6-15,26-27H,2,16-17H2,1,3-5H3/b25-14-. The van der Waals surface area contributed by atoms with Crippen LogP contribution in [0.25, 0.3) is 11.4 Å². The second-order valence-corrected chi connectivity index (χ2v) is 7.39. The first-order chi connectivity index (χ1) is 14.0. The van der Waals surface area contributed by atoms with Crippen molar-refractivity contribution < 1.29 is 0 Å². The third kappa shape index (κ3) is 5.04. The number of nitrogens with zero attached hydrogens (tertiary/aromatic N) is 2. The Balaban J connectivity index is 1.86. The molecule has 0 aliphatic heterocycles. The van der Waals surface area contributed by atoms with E-state index in [0.29, 0.717) is 6.54 Å². The molecule has 0 saturated heterocycles. The first-order valence-corrected chi connectivity index (χ1v) is 9.94. The van der Waals surface area contributed by atoms with Crippen LogP contribution in [0.4, 0.5) is 0 Å². The molecule has 0 spiro atoms. The fourth-order valence-electron chi connectivity index (χ4n) is 3.27. The van der Waals surface area contributed by atoms with Crippen LogP contribution in [-0.2, 0) is 13.1 Å². The monoisotopic (exact) mass is 386 g/mol. The van der Waals surface area contributed by atoms with E-state index in [1.165, 1.54) is 16.7 Å². The van der Waals surface area contributed by atoms with Crippen LogP contribution in [0, 0.1) is 20.8 Å². The Morgan fingerprint density at radius 2 is 1.62 bits per heavy atom. The van der Waals surface area contributed by atoms with Crippen molar-refractivity contribution in [3.63, 3.8) is 0 Å². The molecule has 0 radical (unpaired) electrons. The molecule has 2 aromatic carbocycles. The van der Waals surface area contributed by atoms with E-state index in [0.717, 1.165) is 34.8 Å². The van der Waals surface area contributed by atoms with Gasteiger partial charge in [0, 0.05) is 18.8 Å². The molecule has 0 bridgehead atoms. The van der Waals surface area contributed by atoms with Gasteiger partial charge in [0.05, 0.1) is 6.20 Å². The van der Waals surface area contributed by atoms with E-state index in [9.17, 15) is 0 Å². The van der Waals surface area contributed by atoms with Crippen molar-refractivity contribution in [3.05, 3.63) is 101 Å². The fourth-order valence-corrected chi connectivity index (χ4v) is 3.27. The first kappa shape index (κ1) is 20.6. The Morgan fingerprint density at radius 3 is 2.21 bits per heavy atom. The predicted molar refractivity (Wildman–Crippen MR) is 122 cm³/mol. The molecule has 0 amide bonds. The van der Waals surface area contributed by atoms with Gasteiger partial charge in [-0.1, -0.05) is 55.1 Å². The van der Waals surface area contributed by atoms with Crippen LogP contribution >= 0.6 is 0 Å². The van der Waals surface area contributed by atoms with Gasteiger partial charge in [-0.25, -0.2) is 4.68 Å². The zero-order chi connectivity index (χ0) is 20.8. The van der Waals surface area contributed by atoms with Gasteiger partial charge in [-0.2, -0.15) is 5.10 Å². The zero-order valence-corrected chi connectivity index (χ0v) is 17.8. The molecule has 0 aliphatic rings. The van der Waals surface area contributed by atoms with Crippen molar-refractivity contribution in [2.24, 2.45) is 0 Å². The summed E-state index contributed by atoms with van der Waals surface area (Å²) in [6, 6.07) is 16.9. The van der Waals surface area contributed by atoms with Gasteiger partial charge in [0.1, 0.15) is 5.82 Å². The zero-order valence-electron chi connectivity index (χ0n) is 17.8. The Bertz CT molecular complexity index is 1010. The molecule has 0 saturated carbocycles. The van der Waals surface area contributed by atoms with Crippen molar-refractivity contribution in [2.45, 2.75) is 33.9 Å². The van der Waals surface area contributed by atoms with Gasteiger partial charge in [-0.05, 0) is 67.3 Å². The van der Waals surface area contributed by atoms with Gasteiger partial charge in [-0.15, -0.1) is 0 Å². The Kier molecular flexibility index (Phi) is 6.68. The van der Waals surface area contributed by atoms with E-state index < -0.39 is 0 Å². The number of benzene rings is 2. The summed E-state index contributed by atoms with van der Waals surface area (Å²) in [4.78, 5) is 0. The van der Waals surface area contributed by atoms with Crippen molar-refractivity contribution >= 4 is 11.4 Å². The molecule has 4 heteroatoms. The largest absolute Gasteiger partial charge is 0.366 e. The summed E-state index contributed by atoms with van der Waals surface area (Å²) in [5.41, 5.74) is 8.09. The Morgan fingerprint density at radius 1 is 0.966 bits per heavy atom.